The molecule has 2 aromatic rings. The molecule has 4 amide bonds. The van der Waals surface area contributed by atoms with Crippen LogP contribution in [0.1, 0.15) is 87.3 Å². The van der Waals surface area contributed by atoms with Crippen molar-refractivity contribution >= 4 is 23.5 Å². The van der Waals surface area contributed by atoms with E-state index in [2.05, 4.69) is 21.0 Å². The van der Waals surface area contributed by atoms with Crippen LogP contribution in [0.25, 0.3) is 0 Å². The van der Waals surface area contributed by atoms with Crippen LogP contribution in [0.15, 0.2) is 30.5 Å². The molecule has 1 unspecified atom stereocenters. The fourth-order valence-corrected chi connectivity index (χ4v) is 6.00. The number of hydrogen-bond donors (Lipinski definition) is 3. The van der Waals surface area contributed by atoms with Gasteiger partial charge in [-0.1, -0.05) is 31.7 Å². The molecule has 5 rings (SSSR count). The summed E-state index contributed by atoms with van der Waals surface area (Å²) in [4.78, 5) is 41.0. The molecule has 3 N–H and O–H groups in total. The maximum absolute atomic E-state index is 15.3. The molecule has 10 heteroatoms. The van der Waals surface area contributed by atoms with E-state index in [1.54, 1.807) is 34.0 Å². The van der Waals surface area contributed by atoms with Crippen molar-refractivity contribution < 1.29 is 18.8 Å². The molecule has 9 nitrogen and oxygen atoms in total. The molecule has 0 radical (unpaired) electrons. The fraction of sp³-hybridized carbons (Fsp3) is 0.586. The van der Waals surface area contributed by atoms with Crippen molar-refractivity contribution in [3.63, 3.8) is 0 Å². The fourth-order valence-electron chi connectivity index (χ4n) is 6.00. The summed E-state index contributed by atoms with van der Waals surface area (Å²) in [6, 6.07) is 5.10. The van der Waals surface area contributed by atoms with E-state index >= 15 is 4.39 Å². The molecule has 2 saturated carbocycles. The van der Waals surface area contributed by atoms with Crippen LogP contribution in [0.4, 0.5) is 14.9 Å². The number of amides is 4. The second kappa shape index (κ2) is 11.4. The third-order valence-corrected chi connectivity index (χ3v) is 8.73. The van der Waals surface area contributed by atoms with Gasteiger partial charge in [0.15, 0.2) is 0 Å². The van der Waals surface area contributed by atoms with Crippen molar-refractivity contribution in [2.45, 2.75) is 83.8 Å². The lowest BCUT2D eigenvalue weighted by Gasteiger charge is -2.37. The average molecular weight is 539 g/mol. The summed E-state index contributed by atoms with van der Waals surface area (Å²) in [5.74, 6) is -1.40. The summed E-state index contributed by atoms with van der Waals surface area (Å²) < 4.78 is 16.9. The first kappa shape index (κ1) is 27.1. The zero-order valence-electron chi connectivity index (χ0n) is 22.8. The van der Waals surface area contributed by atoms with E-state index in [1.807, 2.05) is 13.8 Å². The Bertz CT molecular complexity index is 1220. The van der Waals surface area contributed by atoms with Crippen molar-refractivity contribution in [2.75, 3.05) is 18.4 Å². The monoisotopic (exact) mass is 538 g/mol. The van der Waals surface area contributed by atoms with E-state index in [0.717, 1.165) is 51.4 Å². The number of halogens is 1. The van der Waals surface area contributed by atoms with Crippen molar-refractivity contribution in [3.05, 3.63) is 47.5 Å². The van der Waals surface area contributed by atoms with Crippen LogP contribution in [0.3, 0.4) is 0 Å². The van der Waals surface area contributed by atoms with Gasteiger partial charge in [-0.15, -0.1) is 0 Å². The smallest absolute Gasteiger partial charge is 0.317 e. The minimum Gasteiger partial charge on any atom is -0.339 e. The van der Waals surface area contributed by atoms with Gasteiger partial charge in [0.25, 0.3) is 5.91 Å². The molecule has 210 valence electrons. The molecule has 1 spiro atoms. The van der Waals surface area contributed by atoms with Crippen LogP contribution < -0.4 is 16.0 Å². The highest BCUT2D eigenvalue weighted by Gasteiger charge is 2.48. The van der Waals surface area contributed by atoms with Gasteiger partial charge in [0, 0.05) is 31.2 Å². The van der Waals surface area contributed by atoms with Crippen molar-refractivity contribution in [1.29, 1.82) is 0 Å². The Labute approximate surface area is 228 Å². The molecular weight excluding hydrogens is 499 g/mol. The molecule has 2 heterocycles. The normalized spacial score (nSPS) is 20.6. The molecule has 2 aliphatic carbocycles. The van der Waals surface area contributed by atoms with Gasteiger partial charge in [0.1, 0.15) is 17.6 Å². The number of aromatic nitrogens is 2. The van der Waals surface area contributed by atoms with Gasteiger partial charge in [-0.05, 0) is 69.2 Å². The number of benzene rings is 1. The molecule has 1 aromatic carbocycles. The van der Waals surface area contributed by atoms with Crippen LogP contribution in [-0.4, -0.2) is 51.7 Å². The molecule has 1 saturated heterocycles. The summed E-state index contributed by atoms with van der Waals surface area (Å²) in [5.41, 5.74) is 1.27. The van der Waals surface area contributed by atoms with Crippen LogP contribution >= 0.6 is 0 Å². The molecule has 1 aliphatic heterocycles. The number of nitrogens with zero attached hydrogens (tertiary/aromatic N) is 3. The number of urea groups is 1. The Hall–Kier alpha value is -3.43. The maximum Gasteiger partial charge on any atom is 0.317 e. The number of rotatable bonds is 8. The molecule has 0 bridgehead atoms. The van der Waals surface area contributed by atoms with Crippen LogP contribution in [0.2, 0.25) is 0 Å². The maximum atomic E-state index is 15.3. The second-order valence-electron chi connectivity index (χ2n) is 11.4. The predicted molar refractivity (Wildman–Crippen MR) is 146 cm³/mol. The quantitative estimate of drug-likeness (QED) is 0.426. The second-order valence-corrected chi connectivity index (χ2v) is 11.4. The molecule has 39 heavy (non-hydrogen) atoms. The Morgan fingerprint density at radius 3 is 2.59 bits per heavy atom. The molecule has 3 aliphatic rings. The van der Waals surface area contributed by atoms with E-state index < -0.39 is 17.8 Å². The minimum absolute atomic E-state index is 0.0378. The summed E-state index contributed by atoms with van der Waals surface area (Å²) in [6.45, 7) is 5.70. The lowest BCUT2D eigenvalue weighted by molar-refractivity contribution is -0.119. The largest absolute Gasteiger partial charge is 0.339 e. The molecule has 2 atom stereocenters. The first-order valence-corrected chi connectivity index (χ1v) is 14.3. The Balaban J connectivity index is 1.31. The van der Waals surface area contributed by atoms with E-state index in [-0.39, 0.29) is 35.0 Å². The highest BCUT2D eigenvalue weighted by Crippen LogP contribution is 2.48. The molecule has 1 aromatic heterocycles. The zero-order valence-corrected chi connectivity index (χ0v) is 22.8. The Morgan fingerprint density at radius 2 is 1.92 bits per heavy atom. The van der Waals surface area contributed by atoms with Gasteiger partial charge < -0.3 is 20.9 Å². The number of carbonyl (C=O) groups excluding carboxylic acids is 3. The van der Waals surface area contributed by atoms with Crippen LogP contribution in [0, 0.1) is 17.2 Å². The Morgan fingerprint density at radius 1 is 1.18 bits per heavy atom. The first-order chi connectivity index (χ1) is 18.8. The van der Waals surface area contributed by atoms with Gasteiger partial charge in [-0.3, -0.25) is 14.3 Å². The summed E-state index contributed by atoms with van der Waals surface area (Å²) in [6.07, 6.45) is 9.58. The summed E-state index contributed by atoms with van der Waals surface area (Å²) >= 11 is 0. The minimum atomic E-state index is -0.791. The lowest BCUT2D eigenvalue weighted by Crippen LogP contribution is -2.52. The standard InChI is InChI=1S/C29H39FN6O3/c1-3-36-24(12-15-32-36)26(37)34-25(20-8-6-4-5-7-9-20)27(38)33-23-11-10-21(16-22(23)30)19(2)35-18-29(13-14-29)17-31-28(35)39/h10-12,15-16,19-20,25H,3-9,13-14,17-18H2,1-2H3,(H,31,39)(H,33,38)(H,34,37)/t19?,25-/m0/s1. The average Bonchev–Trinajstić information content (AvgIpc) is 3.61. The molecular formula is C29H39FN6O3. The highest BCUT2D eigenvalue weighted by molar-refractivity contribution is 6.00. The van der Waals surface area contributed by atoms with Gasteiger partial charge >= 0.3 is 6.03 Å². The van der Waals surface area contributed by atoms with Crippen LogP contribution in [-0.2, 0) is 11.3 Å². The van der Waals surface area contributed by atoms with Gasteiger partial charge in [-0.25, -0.2) is 9.18 Å². The van der Waals surface area contributed by atoms with Crippen molar-refractivity contribution in [1.82, 2.24) is 25.3 Å². The third kappa shape index (κ3) is 5.94. The highest BCUT2D eigenvalue weighted by atomic mass is 19.1. The summed E-state index contributed by atoms with van der Waals surface area (Å²) in [5, 5.41) is 12.8. The van der Waals surface area contributed by atoms with E-state index in [0.29, 0.717) is 30.9 Å². The zero-order chi connectivity index (χ0) is 27.6. The van der Waals surface area contributed by atoms with Crippen LogP contribution in [0.5, 0.6) is 0 Å². The van der Waals surface area contributed by atoms with E-state index in [1.165, 1.54) is 6.07 Å². The van der Waals surface area contributed by atoms with Crippen molar-refractivity contribution in [3.8, 4) is 0 Å². The first-order valence-electron chi connectivity index (χ1n) is 14.3. The SMILES string of the molecule is CCn1nccc1C(=O)N[C@H](C(=O)Nc1ccc(C(C)N2CC3(CC3)CNC2=O)cc1F)C1CCCCCC1. The summed E-state index contributed by atoms with van der Waals surface area (Å²) in [7, 11) is 0. The lowest BCUT2D eigenvalue weighted by atomic mass is 9.91. The number of carbonyl (C=O) groups is 3. The van der Waals surface area contributed by atoms with Gasteiger partial charge in [0.05, 0.1) is 11.7 Å². The topological polar surface area (TPSA) is 108 Å². The number of aryl methyl sites for hydroxylation is 1. The third-order valence-electron chi connectivity index (χ3n) is 8.73. The molecule has 3 fully saturated rings. The Kier molecular flexibility index (Phi) is 7.91. The number of hydrogen-bond acceptors (Lipinski definition) is 4. The van der Waals surface area contributed by atoms with E-state index in [4.69, 9.17) is 0 Å². The van der Waals surface area contributed by atoms with Crippen molar-refractivity contribution in [2.24, 2.45) is 11.3 Å². The van der Waals surface area contributed by atoms with Gasteiger partial charge in [0.2, 0.25) is 5.91 Å². The number of nitrogens with one attached hydrogen (secondary N) is 3. The van der Waals surface area contributed by atoms with Gasteiger partial charge in [-0.2, -0.15) is 5.10 Å². The van der Waals surface area contributed by atoms with E-state index in [9.17, 15) is 14.4 Å². The number of anilines is 1. The predicted octanol–water partition coefficient (Wildman–Crippen LogP) is 4.62.